The number of hydrogen-bond donors (Lipinski definition) is 3. The fraction of sp³-hybridized carbons (Fsp3) is 0.778. The van der Waals surface area contributed by atoms with Crippen molar-refractivity contribution in [1.82, 2.24) is 5.32 Å². The van der Waals surface area contributed by atoms with Crippen molar-refractivity contribution in [3.8, 4) is 0 Å². The lowest BCUT2D eigenvalue weighted by atomic mass is 10.2. The van der Waals surface area contributed by atoms with E-state index in [-0.39, 0.29) is 18.9 Å². The maximum Gasteiger partial charge on any atom is 0.303 e. The zero-order chi connectivity index (χ0) is 11.7. The Morgan fingerprint density at radius 3 is 2.60 bits per heavy atom. The summed E-state index contributed by atoms with van der Waals surface area (Å²) in [6.07, 6.45) is 0.694. The van der Waals surface area contributed by atoms with Crippen molar-refractivity contribution in [2.75, 3.05) is 20.2 Å². The molecule has 4 N–H and O–H groups in total. The molecule has 0 radical (unpaired) electrons. The molecule has 1 unspecified atom stereocenters. The summed E-state index contributed by atoms with van der Waals surface area (Å²) in [6.45, 7) is 0.587. The number of rotatable bonds is 8. The smallest absolute Gasteiger partial charge is 0.303 e. The van der Waals surface area contributed by atoms with Crippen molar-refractivity contribution >= 4 is 11.9 Å². The maximum absolute atomic E-state index is 11.3. The minimum Gasteiger partial charge on any atom is -0.481 e. The molecule has 0 saturated heterocycles. The second-order valence-electron chi connectivity index (χ2n) is 3.10. The Bertz CT molecular complexity index is 204. The van der Waals surface area contributed by atoms with Gasteiger partial charge in [-0.3, -0.25) is 9.59 Å². The van der Waals surface area contributed by atoms with E-state index in [0.717, 1.165) is 0 Å². The lowest BCUT2D eigenvalue weighted by Gasteiger charge is -2.12. The first kappa shape index (κ1) is 13.9. The predicted molar refractivity (Wildman–Crippen MR) is 54.3 cm³/mol. The molecule has 0 aliphatic carbocycles. The standard InChI is InChI=1S/C9H18N2O4/c1-15-7(6-10)9(14)11-5-3-2-4-8(12)13/h7H,2-6,10H2,1H3,(H,11,14)(H,12,13). The normalized spacial score (nSPS) is 12.1. The number of carboxylic acids is 1. The number of nitrogens with two attached hydrogens (primary N) is 1. The summed E-state index contributed by atoms with van der Waals surface area (Å²) in [4.78, 5) is 21.4. The number of carbonyl (C=O) groups excluding carboxylic acids is 1. The highest BCUT2D eigenvalue weighted by molar-refractivity contribution is 5.80. The minimum atomic E-state index is -0.821. The second kappa shape index (κ2) is 8.19. The van der Waals surface area contributed by atoms with Crippen LogP contribution in [-0.2, 0) is 14.3 Å². The SMILES string of the molecule is COC(CN)C(=O)NCCCCC(=O)O. The van der Waals surface area contributed by atoms with Gasteiger partial charge in [0.1, 0.15) is 6.10 Å². The highest BCUT2D eigenvalue weighted by Crippen LogP contribution is 1.94. The van der Waals surface area contributed by atoms with Crippen LogP contribution in [0.15, 0.2) is 0 Å². The van der Waals surface area contributed by atoms with E-state index in [4.69, 9.17) is 15.6 Å². The van der Waals surface area contributed by atoms with Crippen LogP contribution in [0.5, 0.6) is 0 Å². The highest BCUT2D eigenvalue weighted by Gasteiger charge is 2.14. The molecular formula is C9H18N2O4. The number of carbonyl (C=O) groups is 2. The van der Waals surface area contributed by atoms with Gasteiger partial charge in [0.25, 0.3) is 0 Å². The average molecular weight is 218 g/mol. The van der Waals surface area contributed by atoms with Crippen LogP contribution in [0.4, 0.5) is 0 Å². The molecule has 0 aromatic carbocycles. The third-order valence-electron chi connectivity index (χ3n) is 1.91. The maximum atomic E-state index is 11.3. The molecule has 0 aromatic rings. The molecule has 88 valence electrons. The molecule has 0 spiro atoms. The predicted octanol–water partition coefficient (Wildman–Crippen LogP) is -0.669. The van der Waals surface area contributed by atoms with Gasteiger partial charge in [0.15, 0.2) is 0 Å². The van der Waals surface area contributed by atoms with E-state index in [0.29, 0.717) is 19.4 Å². The van der Waals surface area contributed by atoms with Crippen molar-refractivity contribution in [3.63, 3.8) is 0 Å². The molecule has 0 aromatic heterocycles. The summed E-state index contributed by atoms with van der Waals surface area (Å²) < 4.78 is 4.83. The Morgan fingerprint density at radius 1 is 1.47 bits per heavy atom. The third-order valence-corrected chi connectivity index (χ3v) is 1.91. The molecule has 0 saturated carbocycles. The molecule has 15 heavy (non-hydrogen) atoms. The van der Waals surface area contributed by atoms with Gasteiger partial charge in [-0.2, -0.15) is 0 Å². The van der Waals surface area contributed by atoms with Gasteiger partial charge in [0, 0.05) is 26.6 Å². The number of unbranched alkanes of at least 4 members (excludes halogenated alkanes) is 1. The van der Waals surface area contributed by atoms with Crippen LogP contribution in [0, 0.1) is 0 Å². The van der Waals surface area contributed by atoms with Gasteiger partial charge in [-0.25, -0.2) is 0 Å². The first-order chi connectivity index (χ1) is 7.11. The number of amides is 1. The summed E-state index contributed by atoms with van der Waals surface area (Å²) in [7, 11) is 1.42. The lowest BCUT2D eigenvalue weighted by molar-refractivity contribution is -0.137. The van der Waals surface area contributed by atoms with Crippen LogP contribution in [0.3, 0.4) is 0 Å². The Morgan fingerprint density at radius 2 is 2.13 bits per heavy atom. The molecule has 6 nitrogen and oxygen atoms in total. The average Bonchev–Trinajstić information content (AvgIpc) is 2.18. The lowest BCUT2D eigenvalue weighted by Crippen LogP contribution is -2.40. The van der Waals surface area contributed by atoms with Crippen LogP contribution >= 0.6 is 0 Å². The summed E-state index contributed by atoms with van der Waals surface area (Å²) in [5, 5.41) is 11.0. The van der Waals surface area contributed by atoms with Gasteiger partial charge in [-0.1, -0.05) is 0 Å². The van der Waals surface area contributed by atoms with Gasteiger partial charge in [0.2, 0.25) is 5.91 Å². The molecule has 6 heteroatoms. The topological polar surface area (TPSA) is 102 Å². The number of nitrogens with one attached hydrogen (secondary N) is 1. The van der Waals surface area contributed by atoms with Gasteiger partial charge in [-0.05, 0) is 12.8 Å². The first-order valence-electron chi connectivity index (χ1n) is 4.84. The summed E-state index contributed by atoms with van der Waals surface area (Å²) >= 11 is 0. The molecular weight excluding hydrogens is 200 g/mol. The highest BCUT2D eigenvalue weighted by atomic mass is 16.5. The van der Waals surface area contributed by atoms with Gasteiger partial charge in [0.05, 0.1) is 0 Å². The molecule has 0 rings (SSSR count). The molecule has 0 aliphatic rings. The summed E-state index contributed by atoms with van der Waals surface area (Å²) in [5.74, 6) is -1.08. The van der Waals surface area contributed by atoms with Gasteiger partial charge < -0.3 is 20.9 Å². The fourth-order valence-electron chi connectivity index (χ4n) is 1.04. The van der Waals surface area contributed by atoms with Crippen LogP contribution in [0.25, 0.3) is 0 Å². The van der Waals surface area contributed by atoms with E-state index in [1.165, 1.54) is 7.11 Å². The van der Waals surface area contributed by atoms with Crippen molar-refractivity contribution < 1.29 is 19.4 Å². The number of methoxy groups -OCH3 is 1. The van der Waals surface area contributed by atoms with E-state index in [1.54, 1.807) is 0 Å². The minimum absolute atomic E-state index is 0.125. The summed E-state index contributed by atoms with van der Waals surface area (Å²) in [5.41, 5.74) is 5.29. The van der Waals surface area contributed by atoms with Gasteiger partial charge in [-0.15, -0.1) is 0 Å². The van der Waals surface area contributed by atoms with Crippen molar-refractivity contribution in [3.05, 3.63) is 0 Å². The Hall–Kier alpha value is -1.14. The largest absolute Gasteiger partial charge is 0.481 e. The Balaban J connectivity index is 3.50. The molecule has 0 heterocycles. The van der Waals surface area contributed by atoms with Crippen LogP contribution in [-0.4, -0.2) is 43.3 Å². The van der Waals surface area contributed by atoms with Crippen LogP contribution in [0.2, 0.25) is 0 Å². The summed E-state index contributed by atoms with van der Waals surface area (Å²) in [6, 6.07) is 0. The molecule has 1 amide bonds. The van der Waals surface area contributed by atoms with Crippen molar-refractivity contribution in [1.29, 1.82) is 0 Å². The zero-order valence-corrected chi connectivity index (χ0v) is 8.86. The van der Waals surface area contributed by atoms with E-state index in [1.807, 2.05) is 0 Å². The van der Waals surface area contributed by atoms with Crippen molar-refractivity contribution in [2.24, 2.45) is 5.73 Å². The second-order valence-corrected chi connectivity index (χ2v) is 3.10. The monoisotopic (exact) mass is 218 g/mol. The Labute approximate surface area is 88.8 Å². The van der Waals surface area contributed by atoms with Crippen molar-refractivity contribution in [2.45, 2.75) is 25.4 Å². The van der Waals surface area contributed by atoms with E-state index in [9.17, 15) is 9.59 Å². The third kappa shape index (κ3) is 6.87. The van der Waals surface area contributed by atoms with E-state index < -0.39 is 12.1 Å². The van der Waals surface area contributed by atoms with Crippen LogP contribution < -0.4 is 11.1 Å². The van der Waals surface area contributed by atoms with E-state index in [2.05, 4.69) is 5.32 Å². The molecule has 1 atom stereocenters. The molecule has 0 fully saturated rings. The number of ether oxygens (including phenoxy) is 1. The number of carboxylic acid groups (broad SMARTS) is 1. The molecule has 0 aliphatic heterocycles. The fourth-order valence-corrected chi connectivity index (χ4v) is 1.04. The first-order valence-corrected chi connectivity index (χ1v) is 4.84. The number of hydrogen-bond acceptors (Lipinski definition) is 4. The quantitative estimate of drug-likeness (QED) is 0.469. The van der Waals surface area contributed by atoms with Gasteiger partial charge >= 0.3 is 5.97 Å². The zero-order valence-electron chi connectivity index (χ0n) is 8.86. The van der Waals surface area contributed by atoms with E-state index >= 15 is 0 Å². The molecule has 0 bridgehead atoms. The van der Waals surface area contributed by atoms with Crippen LogP contribution in [0.1, 0.15) is 19.3 Å². The Kier molecular flexibility index (Phi) is 7.57. The number of aliphatic carboxylic acids is 1.